The minimum Gasteiger partial charge on any atom is -0.480 e. The van der Waals surface area contributed by atoms with E-state index in [9.17, 15) is 21.6 Å². The number of rotatable bonds is 2. The lowest BCUT2D eigenvalue weighted by Crippen LogP contribution is -2.13. The van der Waals surface area contributed by atoms with Crippen LogP contribution in [0.3, 0.4) is 0 Å². The van der Waals surface area contributed by atoms with Crippen LogP contribution < -0.4 is 4.74 Å². The van der Waals surface area contributed by atoms with Gasteiger partial charge in [0.05, 0.1) is 7.11 Å². The summed E-state index contributed by atoms with van der Waals surface area (Å²) >= 11 is 0. The number of hydrogen-bond donors (Lipinski definition) is 0. The van der Waals surface area contributed by atoms with Gasteiger partial charge in [0.1, 0.15) is 5.56 Å². The molecule has 0 N–H and O–H groups in total. The summed E-state index contributed by atoms with van der Waals surface area (Å²) in [5, 5.41) is -0.711. The number of halogens is 3. The fraction of sp³-hybridized carbons (Fsp3) is 0.429. The maximum Gasteiger partial charge on any atom is 0.423 e. The zero-order chi connectivity index (χ0) is 12.6. The van der Waals surface area contributed by atoms with Crippen LogP contribution in [0.1, 0.15) is 5.56 Å². The van der Waals surface area contributed by atoms with Crippen molar-refractivity contribution in [1.29, 1.82) is 0 Å². The van der Waals surface area contributed by atoms with Crippen LogP contribution in [-0.2, 0) is 16.0 Å². The lowest BCUT2D eigenvalue weighted by Gasteiger charge is -2.10. The molecule has 9 heteroatoms. The molecule has 0 aliphatic carbocycles. The Morgan fingerprint density at radius 2 is 1.94 bits per heavy atom. The van der Waals surface area contributed by atoms with E-state index >= 15 is 0 Å². The Kier molecular flexibility index (Phi) is 3.08. The van der Waals surface area contributed by atoms with E-state index in [4.69, 9.17) is 0 Å². The zero-order valence-corrected chi connectivity index (χ0v) is 9.06. The Hall–Kier alpha value is -1.38. The molecule has 1 heterocycles. The smallest absolute Gasteiger partial charge is 0.423 e. The molecule has 0 aliphatic heterocycles. The molecule has 0 bridgehead atoms. The number of ether oxygens (including phenoxy) is 1. The van der Waals surface area contributed by atoms with E-state index in [1.54, 1.807) is 0 Å². The van der Waals surface area contributed by atoms with E-state index in [1.165, 1.54) is 0 Å². The number of hydrogen-bond acceptors (Lipinski definition) is 5. The highest BCUT2D eigenvalue weighted by molar-refractivity contribution is 7.90. The van der Waals surface area contributed by atoms with Crippen LogP contribution >= 0.6 is 0 Å². The fourth-order valence-electron chi connectivity index (χ4n) is 0.880. The molecule has 0 amide bonds. The molecule has 1 rings (SSSR count). The molecule has 1 aromatic rings. The molecule has 0 spiro atoms. The molecule has 0 unspecified atom stereocenters. The first-order chi connectivity index (χ1) is 7.16. The van der Waals surface area contributed by atoms with Gasteiger partial charge in [-0.15, -0.1) is 0 Å². The average molecular weight is 256 g/mol. The van der Waals surface area contributed by atoms with Gasteiger partial charge in [0, 0.05) is 12.5 Å². The van der Waals surface area contributed by atoms with E-state index in [1.807, 2.05) is 0 Å². The van der Waals surface area contributed by atoms with Crippen molar-refractivity contribution in [2.75, 3.05) is 13.4 Å². The van der Waals surface area contributed by atoms with Crippen LogP contribution in [0.25, 0.3) is 0 Å². The van der Waals surface area contributed by atoms with Crippen molar-refractivity contribution < 1.29 is 26.3 Å². The van der Waals surface area contributed by atoms with Crippen molar-refractivity contribution in [1.82, 2.24) is 9.97 Å². The Balaban J connectivity index is 3.40. The van der Waals surface area contributed by atoms with Crippen molar-refractivity contribution in [3.05, 3.63) is 11.8 Å². The van der Waals surface area contributed by atoms with Crippen LogP contribution in [0.4, 0.5) is 13.2 Å². The second-order valence-electron chi connectivity index (χ2n) is 2.85. The van der Waals surface area contributed by atoms with E-state index in [0.717, 1.165) is 13.4 Å². The summed E-state index contributed by atoms with van der Waals surface area (Å²) in [6, 6.07) is 0. The Labute approximate surface area is 89.2 Å². The Bertz CT molecular complexity index is 498. The maximum atomic E-state index is 12.4. The zero-order valence-electron chi connectivity index (χ0n) is 8.24. The summed E-state index contributed by atoms with van der Waals surface area (Å²) in [5.41, 5.74) is -1.22. The molecule has 0 saturated carbocycles. The molecule has 90 valence electrons. The predicted octanol–water partition coefficient (Wildman–Crippen LogP) is 0.907. The van der Waals surface area contributed by atoms with E-state index in [0.29, 0.717) is 6.20 Å². The summed E-state index contributed by atoms with van der Waals surface area (Å²) in [6.07, 6.45) is -3.53. The quantitative estimate of drug-likeness (QED) is 0.735. The molecule has 0 saturated heterocycles. The fourth-order valence-corrected chi connectivity index (χ4v) is 1.37. The Morgan fingerprint density at radius 3 is 2.31 bits per heavy atom. The number of methoxy groups -OCH3 is 1. The van der Waals surface area contributed by atoms with Crippen LogP contribution in [-0.4, -0.2) is 31.8 Å². The van der Waals surface area contributed by atoms with Crippen molar-refractivity contribution in [2.24, 2.45) is 0 Å². The summed E-state index contributed by atoms with van der Waals surface area (Å²) in [5.74, 6) is -0.817. The molecule has 0 atom stereocenters. The van der Waals surface area contributed by atoms with Crippen LogP contribution in [0.15, 0.2) is 11.4 Å². The highest BCUT2D eigenvalue weighted by Gasteiger charge is 2.36. The lowest BCUT2D eigenvalue weighted by atomic mass is 10.3. The summed E-state index contributed by atoms with van der Waals surface area (Å²) < 4.78 is 63.4. The van der Waals surface area contributed by atoms with Crippen molar-refractivity contribution >= 4 is 9.84 Å². The first-order valence-electron chi connectivity index (χ1n) is 3.84. The van der Waals surface area contributed by atoms with Gasteiger partial charge in [-0.1, -0.05) is 0 Å². The van der Waals surface area contributed by atoms with E-state index < -0.39 is 32.6 Å². The number of sulfone groups is 1. The monoisotopic (exact) mass is 256 g/mol. The van der Waals surface area contributed by atoms with Gasteiger partial charge in [-0.2, -0.15) is 18.2 Å². The third-order valence-corrected chi connectivity index (χ3v) is 2.42. The maximum absolute atomic E-state index is 12.4. The largest absolute Gasteiger partial charge is 0.480 e. The summed E-state index contributed by atoms with van der Waals surface area (Å²) in [4.78, 5) is 6.31. The third kappa shape index (κ3) is 2.60. The molecule has 0 aromatic carbocycles. The van der Waals surface area contributed by atoms with Crippen molar-refractivity contribution in [3.63, 3.8) is 0 Å². The molecule has 0 aliphatic rings. The molecule has 0 fully saturated rings. The standard InChI is InChI=1S/C7H7F3N2O3S/c1-15-5-4(7(8,9)10)3-11-6(12-5)16(2,13)14/h3H,1-2H3. The minimum atomic E-state index is -4.69. The summed E-state index contributed by atoms with van der Waals surface area (Å²) in [7, 11) is -2.81. The van der Waals surface area contributed by atoms with Gasteiger partial charge in [0.25, 0.3) is 0 Å². The van der Waals surface area contributed by atoms with Gasteiger partial charge in [-0.05, 0) is 0 Å². The van der Waals surface area contributed by atoms with Gasteiger partial charge in [0.15, 0.2) is 0 Å². The van der Waals surface area contributed by atoms with Crippen molar-refractivity contribution in [3.8, 4) is 5.88 Å². The SMILES string of the molecule is COc1nc(S(C)(=O)=O)ncc1C(F)(F)F. The summed E-state index contributed by atoms with van der Waals surface area (Å²) in [6.45, 7) is 0. The molecule has 16 heavy (non-hydrogen) atoms. The molecule has 1 aromatic heterocycles. The minimum absolute atomic E-state index is 0.377. The topological polar surface area (TPSA) is 69.2 Å². The third-order valence-electron chi connectivity index (χ3n) is 1.56. The van der Waals surface area contributed by atoms with Gasteiger partial charge in [-0.25, -0.2) is 13.4 Å². The molecule has 5 nitrogen and oxygen atoms in total. The highest BCUT2D eigenvalue weighted by Crippen LogP contribution is 2.34. The van der Waals surface area contributed by atoms with Gasteiger partial charge < -0.3 is 4.74 Å². The Morgan fingerprint density at radius 1 is 1.38 bits per heavy atom. The first kappa shape index (κ1) is 12.7. The molecular formula is C7H7F3N2O3S. The number of nitrogens with zero attached hydrogens (tertiary/aromatic N) is 2. The van der Waals surface area contributed by atoms with Crippen LogP contribution in [0.5, 0.6) is 5.88 Å². The van der Waals surface area contributed by atoms with E-state index in [2.05, 4.69) is 14.7 Å². The highest BCUT2D eigenvalue weighted by atomic mass is 32.2. The average Bonchev–Trinajstić information content (AvgIpc) is 2.14. The normalized spacial score (nSPS) is 12.6. The molecule has 0 radical (unpaired) electrons. The van der Waals surface area contributed by atoms with Gasteiger partial charge >= 0.3 is 6.18 Å². The van der Waals surface area contributed by atoms with Crippen molar-refractivity contribution in [2.45, 2.75) is 11.3 Å². The van der Waals surface area contributed by atoms with Crippen LogP contribution in [0.2, 0.25) is 0 Å². The second kappa shape index (κ2) is 3.89. The first-order valence-corrected chi connectivity index (χ1v) is 5.73. The van der Waals surface area contributed by atoms with Gasteiger partial charge in [-0.3, -0.25) is 0 Å². The number of alkyl halides is 3. The molecular weight excluding hydrogens is 249 g/mol. The van der Waals surface area contributed by atoms with Crippen LogP contribution in [0, 0.1) is 0 Å². The second-order valence-corrected chi connectivity index (χ2v) is 4.75. The van der Waals surface area contributed by atoms with E-state index in [-0.39, 0.29) is 0 Å². The lowest BCUT2D eigenvalue weighted by molar-refractivity contribution is -0.139. The number of aromatic nitrogens is 2. The van der Waals surface area contributed by atoms with Gasteiger partial charge in [0.2, 0.25) is 20.9 Å². The predicted molar refractivity (Wildman–Crippen MR) is 46.7 cm³/mol.